The first kappa shape index (κ1) is 7.60. The summed E-state index contributed by atoms with van der Waals surface area (Å²) >= 11 is 0. The molecule has 5 rings (SSSR count). The van der Waals surface area contributed by atoms with Crippen molar-refractivity contribution in [1.29, 1.82) is 0 Å². The van der Waals surface area contributed by atoms with Gasteiger partial charge in [0.25, 0.3) is 0 Å². The first-order valence-electron chi connectivity index (χ1n) is 5.17. The molecule has 1 N–H and O–H groups in total. The van der Waals surface area contributed by atoms with Gasteiger partial charge in [-0.15, -0.1) is 0 Å². The second kappa shape index (κ2) is 2.17. The zero-order valence-corrected chi connectivity index (χ0v) is 7.97. The molecule has 0 saturated heterocycles. The van der Waals surface area contributed by atoms with Crippen LogP contribution >= 0.6 is 0 Å². The number of fused-ring (bicyclic) bond motifs is 1. The topological polar surface area (TPSA) is 29.1 Å². The number of carbonyl (C=O) groups excluding carboxylic acids is 1. The minimum atomic E-state index is 0.137. The van der Waals surface area contributed by atoms with Gasteiger partial charge >= 0.3 is 0 Å². The zero-order chi connectivity index (χ0) is 9.05. The number of allylic oxidation sites excluding steroid dienone is 1. The van der Waals surface area contributed by atoms with Crippen molar-refractivity contribution in [3.8, 4) is 0 Å². The summed E-state index contributed by atoms with van der Waals surface area (Å²) in [7, 11) is 0. The van der Waals surface area contributed by atoms with Crippen LogP contribution in [0.5, 0.6) is 0 Å². The molecule has 0 heterocycles. The van der Waals surface area contributed by atoms with E-state index in [1.807, 2.05) is 0 Å². The highest BCUT2D eigenvalue weighted by Crippen LogP contribution is 2.58. The zero-order valence-electron chi connectivity index (χ0n) is 7.97. The van der Waals surface area contributed by atoms with Gasteiger partial charge in [-0.1, -0.05) is 11.6 Å². The maximum absolute atomic E-state index is 11.1. The lowest BCUT2D eigenvalue weighted by Gasteiger charge is -2.58. The van der Waals surface area contributed by atoms with E-state index >= 15 is 0 Å². The van der Waals surface area contributed by atoms with E-state index in [4.69, 9.17) is 0 Å². The van der Waals surface area contributed by atoms with Crippen molar-refractivity contribution < 1.29 is 4.79 Å². The summed E-state index contributed by atoms with van der Waals surface area (Å²) in [5.74, 6) is 1.77. The summed E-state index contributed by atoms with van der Waals surface area (Å²) in [4.78, 5) is 11.1. The van der Waals surface area contributed by atoms with Crippen LogP contribution in [0.3, 0.4) is 0 Å². The van der Waals surface area contributed by atoms with Gasteiger partial charge in [-0.2, -0.15) is 0 Å². The average molecular weight is 177 g/mol. The summed E-state index contributed by atoms with van der Waals surface area (Å²) in [5.41, 5.74) is 1.86. The fourth-order valence-corrected chi connectivity index (χ4v) is 3.56. The van der Waals surface area contributed by atoms with Gasteiger partial charge in [0.2, 0.25) is 5.91 Å². The minimum Gasteiger partial charge on any atom is -0.351 e. The van der Waals surface area contributed by atoms with Crippen LogP contribution in [-0.4, -0.2) is 11.4 Å². The molecular formula is C11H15NO. The van der Waals surface area contributed by atoms with E-state index in [0.29, 0.717) is 0 Å². The number of nitrogens with one attached hydrogen (secondary N) is 1. The molecule has 2 nitrogen and oxygen atoms in total. The molecule has 70 valence electrons. The Morgan fingerprint density at radius 3 is 2.77 bits per heavy atom. The molecule has 0 aromatic carbocycles. The van der Waals surface area contributed by atoms with Crippen LogP contribution in [0.4, 0.5) is 0 Å². The van der Waals surface area contributed by atoms with Crippen molar-refractivity contribution in [1.82, 2.24) is 5.32 Å². The lowest BCUT2D eigenvalue weighted by atomic mass is 9.51. The normalized spacial score (nSPS) is 45.2. The highest BCUT2D eigenvalue weighted by Gasteiger charge is 2.53. The monoisotopic (exact) mass is 177 g/mol. The Balaban J connectivity index is 1.87. The molecule has 2 heteroatoms. The lowest BCUT2D eigenvalue weighted by molar-refractivity contribution is -0.122. The second-order valence-corrected chi connectivity index (χ2v) is 4.91. The van der Waals surface area contributed by atoms with E-state index < -0.39 is 0 Å². The molecule has 0 spiro atoms. The van der Waals surface area contributed by atoms with E-state index in [-0.39, 0.29) is 11.4 Å². The Morgan fingerprint density at radius 2 is 2.23 bits per heavy atom. The highest BCUT2D eigenvalue weighted by atomic mass is 16.1. The number of amides is 1. The molecule has 13 heavy (non-hydrogen) atoms. The smallest absolute Gasteiger partial charge is 0.217 e. The van der Waals surface area contributed by atoms with Gasteiger partial charge in [0.15, 0.2) is 0 Å². The van der Waals surface area contributed by atoms with Crippen molar-refractivity contribution in [2.24, 2.45) is 11.8 Å². The Morgan fingerprint density at radius 1 is 1.54 bits per heavy atom. The van der Waals surface area contributed by atoms with Gasteiger partial charge in [-0.25, -0.2) is 0 Å². The van der Waals surface area contributed by atoms with Crippen LogP contribution in [0.2, 0.25) is 0 Å². The number of rotatable bonds is 1. The minimum absolute atomic E-state index is 0.137. The van der Waals surface area contributed by atoms with E-state index in [0.717, 1.165) is 18.3 Å². The average Bonchev–Trinajstić information content (AvgIpc) is 2.01. The fourth-order valence-electron chi connectivity index (χ4n) is 3.56. The third kappa shape index (κ3) is 0.917. The Kier molecular flexibility index (Phi) is 1.27. The predicted octanol–water partition coefficient (Wildman–Crippen LogP) is 1.62. The van der Waals surface area contributed by atoms with E-state index in [1.165, 1.54) is 19.3 Å². The summed E-state index contributed by atoms with van der Waals surface area (Å²) in [6.07, 6.45) is 7.24. The first-order valence-corrected chi connectivity index (χ1v) is 5.17. The maximum atomic E-state index is 11.1. The Bertz CT molecular complexity index is 291. The number of carbonyl (C=O) groups is 1. The first-order chi connectivity index (χ1) is 6.19. The molecule has 5 aliphatic carbocycles. The van der Waals surface area contributed by atoms with Gasteiger partial charge in [-0.05, 0) is 37.5 Å². The molecule has 1 amide bonds. The summed E-state index contributed by atoms with van der Waals surface area (Å²) in [6.45, 7) is 1.63. The van der Waals surface area contributed by atoms with E-state index in [1.54, 1.807) is 12.5 Å². The van der Waals surface area contributed by atoms with Crippen LogP contribution in [0, 0.1) is 11.8 Å². The molecule has 0 aromatic rings. The second-order valence-electron chi connectivity index (χ2n) is 4.91. The Labute approximate surface area is 78.4 Å². The van der Waals surface area contributed by atoms with Crippen LogP contribution in [0.15, 0.2) is 11.6 Å². The van der Waals surface area contributed by atoms with Crippen LogP contribution in [-0.2, 0) is 4.79 Å². The summed E-state index contributed by atoms with van der Waals surface area (Å²) < 4.78 is 0. The van der Waals surface area contributed by atoms with Crippen molar-refractivity contribution >= 4 is 5.91 Å². The third-order valence-electron chi connectivity index (χ3n) is 3.96. The van der Waals surface area contributed by atoms with Gasteiger partial charge in [0, 0.05) is 12.5 Å². The lowest BCUT2D eigenvalue weighted by Crippen LogP contribution is -2.59. The molecule has 0 aliphatic heterocycles. The van der Waals surface area contributed by atoms with Crippen LogP contribution in [0.25, 0.3) is 0 Å². The van der Waals surface area contributed by atoms with Crippen molar-refractivity contribution in [2.45, 2.75) is 38.1 Å². The van der Waals surface area contributed by atoms with Crippen molar-refractivity contribution in [3.05, 3.63) is 11.6 Å². The van der Waals surface area contributed by atoms with E-state index in [2.05, 4.69) is 11.4 Å². The van der Waals surface area contributed by atoms with Crippen molar-refractivity contribution in [3.63, 3.8) is 0 Å². The van der Waals surface area contributed by atoms with Crippen molar-refractivity contribution in [2.75, 3.05) is 0 Å². The molecule has 3 saturated carbocycles. The molecule has 2 unspecified atom stereocenters. The molecular weight excluding hydrogens is 162 g/mol. The van der Waals surface area contributed by atoms with Crippen LogP contribution < -0.4 is 5.32 Å². The number of hydrogen-bond donors (Lipinski definition) is 1. The molecule has 0 aromatic heterocycles. The third-order valence-corrected chi connectivity index (χ3v) is 3.96. The summed E-state index contributed by atoms with van der Waals surface area (Å²) in [5, 5.41) is 3.16. The maximum Gasteiger partial charge on any atom is 0.217 e. The van der Waals surface area contributed by atoms with Gasteiger partial charge < -0.3 is 5.32 Å². The SMILES string of the molecule is CC(=O)NC12CC=C3C(CC3C1)C2. The molecule has 0 radical (unpaired) electrons. The van der Waals surface area contributed by atoms with E-state index in [9.17, 15) is 4.79 Å². The Hall–Kier alpha value is -0.790. The fraction of sp³-hybridized carbons (Fsp3) is 0.727. The molecule has 4 bridgehead atoms. The standard InChI is InChI=1S/C11H15NO/c1-7(13)12-11-3-2-10-8(5-11)4-9(10)6-11/h2,8-9H,3-6H2,1H3,(H,12,13). The molecule has 3 fully saturated rings. The predicted molar refractivity (Wildman–Crippen MR) is 50.1 cm³/mol. The summed E-state index contributed by atoms with van der Waals surface area (Å²) in [6, 6.07) is 0. The van der Waals surface area contributed by atoms with Gasteiger partial charge in [-0.3, -0.25) is 4.79 Å². The number of hydrogen-bond acceptors (Lipinski definition) is 1. The largest absolute Gasteiger partial charge is 0.351 e. The molecule has 5 aliphatic rings. The van der Waals surface area contributed by atoms with Crippen LogP contribution in [0.1, 0.15) is 32.6 Å². The van der Waals surface area contributed by atoms with Gasteiger partial charge in [0.1, 0.15) is 0 Å². The highest BCUT2D eigenvalue weighted by molar-refractivity contribution is 5.74. The van der Waals surface area contributed by atoms with Gasteiger partial charge in [0.05, 0.1) is 0 Å². The molecule has 2 atom stereocenters. The quantitative estimate of drug-likeness (QED) is 0.606.